The zero-order valence-corrected chi connectivity index (χ0v) is 12.6. The molecule has 1 aromatic heterocycles. The van der Waals surface area contributed by atoms with Crippen LogP contribution in [0, 0.1) is 6.92 Å². The van der Waals surface area contributed by atoms with Crippen molar-refractivity contribution in [2.24, 2.45) is 0 Å². The summed E-state index contributed by atoms with van der Waals surface area (Å²) < 4.78 is 28.6. The molecule has 5 atom stereocenters. The minimum absolute atomic E-state index is 0.0995. The Balaban J connectivity index is 1.69. The predicted octanol–water partition coefficient (Wildman–Crippen LogP) is 1.12. The van der Waals surface area contributed by atoms with E-state index in [4.69, 9.17) is 13.8 Å². The first-order chi connectivity index (χ1) is 10.4. The van der Waals surface area contributed by atoms with Crippen molar-refractivity contribution in [3.05, 3.63) is 30.1 Å². The molecule has 2 aliphatic rings. The molecule has 1 unspecified atom stereocenters. The molecule has 0 aliphatic carbocycles. The summed E-state index contributed by atoms with van der Waals surface area (Å²) in [6.45, 7) is 1.87. The van der Waals surface area contributed by atoms with E-state index in [1.807, 2.05) is 25.1 Å². The Bertz CT molecular complexity index is 777. The molecule has 8 nitrogen and oxygen atoms in total. The Kier molecular flexibility index (Phi) is 3.16. The fraction of sp³-hybridized carbons (Fsp3) is 0.462. The number of phosphoric ester groups is 1. The van der Waals surface area contributed by atoms with E-state index in [-0.39, 0.29) is 6.61 Å². The highest BCUT2D eigenvalue weighted by atomic mass is 31.2. The van der Waals surface area contributed by atoms with Crippen LogP contribution in [-0.2, 0) is 18.3 Å². The maximum absolute atomic E-state index is 11.5. The zero-order chi connectivity index (χ0) is 15.5. The lowest BCUT2D eigenvalue weighted by atomic mass is 10.1. The van der Waals surface area contributed by atoms with Crippen molar-refractivity contribution in [1.29, 1.82) is 0 Å². The number of nitrogens with zero attached hydrogens (tertiary/aromatic N) is 2. The van der Waals surface area contributed by atoms with E-state index in [2.05, 4.69) is 4.98 Å². The normalized spacial score (nSPS) is 38.3. The van der Waals surface area contributed by atoms with Crippen molar-refractivity contribution in [2.45, 2.75) is 31.5 Å². The summed E-state index contributed by atoms with van der Waals surface area (Å²) in [5, 5.41) is 10.4. The molecule has 3 heterocycles. The third kappa shape index (κ3) is 2.20. The van der Waals surface area contributed by atoms with E-state index in [1.54, 1.807) is 10.9 Å². The number of aromatic nitrogens is 2. The highest BCUT2D eigenvalue weighted by molar-refractivity contribution is 7.47. The Morgan fingerprint density at radius 1 is 1.45 bits per heavy atom. The second-order valence-corrected chi connectivity index (χ2v) is 6.94. The molecule has 0 saturated carbocycles. The summed E-state index contributed by atoms with van der Waals surface area (Å²) in [6.07, 6.45) is -1.76. The molecule has 22 heavy (non-hydrogen) atoms. The fourth-order valence-corrected chi connectivity index (χ4v) is 3.87. The molecule has 0 spiro atoms. The van der Waals surface area contributed by atoms with Crippen molar-refractivity contribution in [3.8, 4) is 0 Å². The average molecular weight is 326 g/mol. The molecule has 2 saturated heterocycles. The summed E-state index contributed by atoms with van der Waals surface area (Å²) >= 11 is 0. The van der Waals surface area contributed by atoms with Gasteiger partial charge in [-0.3, -0.25) is 9.05 Å². The first-order valence-electron chi connectivity index (χ1n) is 6.87. The van der Waals surface area contributed by atoms with Crippen molar-refractivity contribution in [3.63, 3.8) is 0 Å². The van der Waals surface area contributed by atoms with Gasteiger partial charge in [0.2, 0.25) is 0 Å². The van der Waals surface area contributed by atoms with Crippen LogP contribution < -0.4 is 0 Å². The first-order valence-corrected chi connectivity index (χ1v) is 8.37. The maximum Gasteiger partial charge on any atom is 0.472 e. The van der Waals surface area contributed by atoms with Crippen molar-refractivity contribution >= 4 is 18.9 Å². The topological polar surface area (TPSA) is 103 Å². The molecule has 2 aromatic rings. The predicted molar refractivity (Wildman–Crippen MR) is 75.0 cm³/mol. The van der Waals surface area contributed by atoms with E-state index < -0.39 is 32.4 Å². The van der Waals surface area contributed by atoms with Gasteiger partial charge in [0.25, 0.3) is 0 Å². The van der Waals surface area contributed by atoms with Gasteiger partial charge in [-0.2, -0.15) is 0 Å². The van der Waals surface area contributed by atoms with Crippen molar-refractivity contribution in [2.75, 3.05) is 6.61 Å². The van der Waals surface area contributed by atoms with Gasteiger partial charge in [0, 0.05) is 0 Å². The number of rotatable bonds is 1. The van der Waals surface area contributed by atoms with Crippen LogP contribution >= 0.6 is 7.82 Å². The number of phosphoric acid groups is 1. The van der Waals surface area contributed by atoms with E-state index >= 15 is 0 Å². The average Bonchev–Trinajstić information content (AvgIpc) is 3.00. The minimum atomic E-state index is -4.12. The van der Waals surface area contributed by atoms with Gasteiger partial charge >= 0.3 is 7.82 Å². The Morgan fingerprint density at radius 3 is 3.09 bits per heavy atom. The number of hydrogen-bond donors (Lipinski definition) is 2. The molecule has 0 bridgehead atoms. The number of ether oxygens (including phenoxy) is 1. The number of imidazole rings is 1. The maximum atomic E-state index is 11.5. The molecule has 2 aliphatic heterocycles. The largest absolute Gasteiger partial charge is 0.472 e. The summed E-state index contributed by atoms with van der Waals surface area (Å²) in [7, 11) is -4.12. The standard InChI is InChI=1S/C13H15N2O6P/c1-7-2-3-9-8(4-7)14-6-15(9)13-11(16)12-10(20-13)5-19-22(17,18)21-12/h2-4,6,10-13,16H,5H2,1H3,(H,17,18)/t10-,11-,12-,13-/m1/s1. The van der Waals surface area contributed by atoms with Gasteiger partial charge in [0.1, 0.15) is 18.3 Å². The van der Waals surface area contributed by atoms with Crippen LogP contribution in [0.15, 0.2) is 24.5 Å². The van der Waals surface area contributed by atoms with Crippen LogP contribution in [0.2, 0.25) is 0 Å². The second kappa shape index (κ2) is 4.86. The molecule has 2 N–H and O–H groups in total. The van der Waals surface area contributed by atoms with Crippen molar-refractivity contribution in [1.82, 2.24) is 9.55 Å². The molecule has 1 aromatic carbocycles. The third-order valence-corrected chi connectivity index (χ3v) is 4.96. The number of aryl methyl sites for hydroxylation is 1. The van der Waals surface area contributed by atoms with Crippen LogP contribution in [-0.4, -0.2) is 44.5 Å². The monoisotopic (exact) mass is 326 g/mol. The minimum Gasteiger partial charge on any atom is -0.386 e. The van der Waals surface area contributed by atoms with E-state index in [0.29, 0.717) is 0 Å². The SMILES string of the molecule is Cc1ccc2c(c1)ncn2[C@@H]1O[C@@H]2COP(=O)(O)O[C@H]2[C@H]1O. The lowest BCUT2D eigenvalue weighted by Gasteiger charge is -2.27. The van der Waals surface area contributed by atoms with Crippen LogP contribution in [0.3, 0.4) is 0 Å². The van der Waals surface area contributed by atoms with E-state index in [0.717, 1.165) is 16.6 Å². The molecule has 2 fully saturated rings. The second-order valence-electron chi connectivity index (χ2n) is 5.53. The highest BCUT2D eigenvalue weighted by Gasteiger charge is 2.52. The quantitative estimate of drug-likeness (QED) is 0.757. The molecular formula is C13H15N2O6P. The van der Waals surface area contributed by atoms with Gasteiger partial charge in [-0.1, -0.05) is 6.07 Å². The zero-order valence-electron chi connectivity index (χ0n) is 11.7. The smallest absolute Gasteiger partial charge is 0.386 e. The van der Waals surface area contributed by atoms with Gasteiger partial charge in [-0.05, 0) is 24.6 Å². The van der Waals surface area contributed by atoms with Gasteiger partial charge in [-0.25, -0.2) is 9.55 Å². The Hall–Kier alpha value is -1.28. The van der Waals surface area contributed by atoms with Crippen LogP contribution in [0.4, 0.5) is 0 Å². The third-order valence-electron chi connectivity index (χ3n) is 3.97. The summed E-state index contributed by atoms with van der Waals surface area (Å²) in [5.74, 6) is 0. The van der Waals surface area contributed by atoms with Gasteiger partial charge in [0.05, 0.1) is 24.0 Å². The summed E-state index contributed by atoms with van der Waals surface area (Å²) in [5.41, 5.74) is 2.68. The van der Waals surface area contributed by atoms with Gasteiger partial charge < -0.3 is 19.3 Å². The number of fused-ring (bicyclic) bond motifs is 2. The number of aliphatic hydroxyl groups is 1. The van der Waals surface area contributed by atoms with Crippen LogP contribution in [0.5, 0.6) is 0 Å². The molecule has 0 amide bonds. The summed E-state index contributed by atoms with van der Waals surface area (Å²) in [4.78, 5) is 13.7. The lowest BCUT2D eigenvalue weighted by Crippen LogP contribution is -2.39. The molecule has 9 heteroatoms. The van der Waals surface area contributed by atoms with E-state index in [9.17, 15) is 14.6 Å². The van der Waals surface area contributed by atoms with Crippen LogP contribution in [0.1, 0.15) is 11.8 Å². The lowest BCUT2D eigenvalue weighted by molar-refractivity contribution is -0.0663. The molecule has 0 radical (unpaired) electrons. The Morgan fingerprint density at radius 2 is 2.27 bits per heavy atom. The number of benzene rings is 1. The van der Waals surface area contributed by atoms with E-state index in [1.165, 1.54) is 0 Å². The molecular weight excluding hydrogens is 311 g/mol. The Labute approximate surface area is 125 Å². The van der Waals surface area contributed by atoms with Gasteiger partial charge in [0.15, 0.2) is 6.23 Å². The first kappa shape index (κ1) is 14.3. The summed E-state index contributed by atoms with van der Waals surface area (Å²) in [6, 6.07) is 5.77. The number of hydrogen-bond acceptors (Lipinski definition) is 6. The molecule has 118 valence electrons. The molecule has 4 rings (SSSR count). The van der Waals surface area contributed by atoms with Crippen LogP contribution in [0.25, 0.3) is 11.0 Å². The van der Waals surface area contributed by atoms with Gasteiger partial charge in [-0.15, -0.1) is 0 Å². The highest BCUT2D eigenvalue weighted by Crippen LogP contribution is 2.52. The fourth-order valence-electron chi connectivity index (χ4n) is 2.91. The number of aliphatic hydroxyl groups excluding tert-OH is 1. The van der Waals surface area contributed by atoms with Crippen molar-refractivity contribution < 1.29 is 28.3 Å².